The van der Waals surface area contributed by atoms with Crippen LogP contribution in [0.25, 0.3) is 11.3 Å². The maximum absolute atomic E-state index is 12.5. The molecule has 35 heavy (non-hydrogen) atoms. The Morgan fingerprint density at radius 1 is 1.00 bits per heavy atom. The summed E-state index contributed by atoms with van der Waals surface area (Å²) < 4.78 is 16.5. The number of aromatic amines is 1. The first-order valence-corrected chi connectivity index (χ1v) is 11.0. The fraction of sp³-hybridized carbons (Fsp3) is 0.115. The summed E-state index contributed by atoms with van der Waals surface area (Å²) in [4.78, 5) is 12.5. The topological polar surface area (TPSA) is 97.8 Å². The summed E-state index contributed by atoms with van der Waals surface area (Å²) in [5.74, 6) is 1.36. The van der Waals surface area contributed by atoms with E-state index in [1.807, 2.05) is 48.5 Å². The average molecular weight is 491 g/mol. The van der Waals surface area contributed by atoms with Crippen molar-refractivity contribution in [1.82, 2.24) is 15.6 Å². The number of para-hydroxylation sites is 1. The molecule has 0 aliphatic carbocycles. The third-order valence-electron chi connectivity index (χ3n) is 5.11. The summed E-state index contributed by atoms with van der Waals surface area (Å²) in [5.41, 5.74) is 5.65. The molecule has 178 valence electrons. The standard InChI is InChI=1S/C26H23ClN4O4/c1-33-24-12-11-17(13-25(24)34-2)15-28-31-26(32)22-14-21(29-30-22)19-8-4-6-10-23(19)35-16-18-7-3-5-9-20(18)27/h3-15H,16H2,1-2H3,(H,29,30)(H,31,32)/b28-15+. The predicted molar refractivity (Wildman–Crippen MR) is 134 cm³/mol. The number of amides is 1. The van der Waals surface area contributed by atoms with E-state index in [4.69, 9.17) is 25.8 Å². The Morgan fingerprint density at radius 2 is 1.77 bits per heavy atom. The van der Waals surface area contributed by atoms with Gasteiger partial charge in [0, 0.05) is 16.1 Å². The fourth-order valence-corrected chi connectivity index (χ4v) is 3.50. The summed E-state index contributed by atoms with van der Waals surface area (Å²) in [6.07, 6.45) is 1.51. The number of methoxy groups -OCH3 is 2. The minimum Gasteiger partial charge on any atom is -0.493 e. The molecule has 3 aromatic carbocycles. The number of hydrogen-bond donors (Lipinski definition) is 2. The number of hydrogen-bond acceptors (Lipinski definition) is 6. The molecular formula is C26H23ClN4O4. The zero-order chi connectivity index (χ0) is 24.6. The third kappa shape index (κ3) is 5.80. The Hall–Kier alpha value is -4.30. The Bertz CT molecular complexity index is 1350. The van der Waals surface area contributed by atoms with Crippen molar-refractivity contribution in [2.75, 3.05) is 14.2 Å². The van der Waals surface area contributed by atoms with E-state index < -0.39 is 5.91 Å². The van der Waals surface area contributed by atoms with Crippen molar-refractivity contribution in [2.24, 2.45) is 5.10 Å². The highest BCUT2D eigenvalue weighted by Gasteiger charge is 2.14. The normalized spacial score (nSPS) is 10.8. The lowest BCUT2D eigenvalue weighted by molar-refractivity contribution is 0.0950. The van der Waals surface area contributed by atoms with Gasteiger partial charge in [-0.05, 0) is 48.0 Å². The van der Waals surface area contributed by atoms with Gasteiger partial charge in [-0.15, -0.1) is 0 Å². The van der Waals surface area contributed by atoms with Gasteiger partial charge in [0.1, 0.15) is 18.1 Å². The van der Waals surface area contributed by atoms with E-state index in [0.717, 1.165) is 16.7 Å². The number of nitrogens with zero attached hydrogens (tertiary/aromatic N) is 2. The molecule has 0 spiro atoms. The van der Waals surface area contributed by atoms with Crippen LogP contribution in [0.4, 0.5) is 0 Å². The smallest absolute Gasteiger partial charge is 0.289 e. The van der Waals surface area contributed by atoms with E-state index in [9.17, 15) is 4.79 Å². The summed E-state index contributed by atoms with van der Waals surface area (Å²) in [6, 6.07) is 21.9. The van der Waals surface area contributed by atoms with E-state index in [-0.39, 0.29) is 5.69 Å². The van der Waals surface area contributed by atoms with Crippen LogP contribution in [0, 0.1) is 0 Å². The lowest BCUT2D eigenvalue weighted by Gasteiger charge is -2.11. The molecule has 0 saturated heterocycles. The van der Waals surface area contributed by atoms with Crippen molar-refractivity contribution in [3.8, 4) is 28.5 Å². The minimum absolute atomic E-state index is 0.255. The van der Waals surface area contributed by atoms with E-state index in [0.29, 0.717) is 34.6 Å². The molecule has 1 aromatic heterocycles. The molecule has 0 radical (unpaired) electrons. The molecule has 8 nitrogen and oxygen atoms in total. The summed E-state index contributed by atoms with van der Waals surface area (Å²) in [7, 11) is 3.12. The second-order valence-electron chi connectivity index (χ2n) is 7.36. The largest absolute Gasteiger partial charge is 0.493 e. The van der Waals surface area contributed by atoms with E-state index in [2.05, 4.69) is 20.7 Å². The zero-order valence-corrected chi connectivity index (χ0v) is 19.9. The van der Waals surface area contributed by atoms with Crippen molar-refractivity contribution >= 4 is 23.7 Å². The first kappa shape index (κ1) is 23.8. The molecule has 0 atom stereocenters. The molecule has 1 amide bonds. The van der Waals surface area contributed by atoms with Crippen LogP contribution in [0.1, 0.15) is 21.6 Å². The molecule has 9 heteroatoms. The van der Waals surface area contributed by atoms with Gasteiger partial charge in [0.05, 0.1) is 26.1 Å². The van der Waals surface area contributed by atoms with Gasteiger partial charge in [-0.2, -0.15) is 10.2 Å². The average Bonchev–Trinajstić information content (AvgIpc) is 3.38. The van der Waals surface area contributed by atoms with Gasteiger partial charge >= 0.3 is 0 Å². The minimum atomic E-state index is -0.435. The number of nitrogens with one attached hydrogen (secondary N) is 2. The van der Waals surface area contributed by atoms with Crippen LogP contribution >= 0.6 is 11.6 Å². The molecule has 0 aliphatic rings. The van der Waals surface area contributed by atoms with Gasteiger partial charge in [0.15, 0.2) is 11.5 Å². The molecule has 0 fully saturated rings. The number of aromatic nitrogens is 2. The predicted octanol–water partition coefficient (Wildman–Crippen LogP) is 5.09. The molecule has 4 rings (SSSR count). The maximum atomic E-state index is 12.5. The molecule has 0 unspecified atom stereocenters. The van der Waals surface area contributed by atoms with Crippen molar-refractivity contribution in [3.05, 3.63) is 94.6 Å². The van der Waals surface area contributed by atoms with Gasteiger partial charge in [-0.25, -0.2) is 5.43 Å². The second-order valence-corrected chi connectivity index (χ2v) is 7.76. The van der Waals surface area contributed by atoms with Gasteiger partial charge in [0.2, 0.25) is 0 Å². The van der Waals surface area contributed by atoms with E-state index in [1.54, 1.807) is 38.5 Å². The number of carbonyl (C=O) groups is 1. The molecular weight excluding hydrogens is 468 g/mol. The Labute approximate surface area is 207 Å². The number of halogens is 1. The highest BCUT2D eigenvalue weighted by Crippen LogP contribution is 2.30. The van der Waals surface area contributed by atoms with Gasteiger partial charge in [0.25, 0.3) is 5.91 Å². The monoisotopic (exact) mass is 490 g/mol. The lowest BCUT2D eigenvalue weighted by Crippen LogP contribution is -2.18. The van der Waals surface area contributed by atoms with Crippen molar-refractivity contribution in [2.45, 2.75) is 6.61 Å². The van der Waals surface area contributed by atoms with Crippen LogP contribution in [0.2, 0.25) is 5.02 Å². The highest BCUT2D eigenvalue weighted by atomic mass is 35.5. The van der Waals surface area contributed by atoms with E-state index in [1.165, 1.54) is 6.21 Å². The quantitative estimate of drug-likeness (QED) is 0.251. The fourth-order valence-electron chi connectivity index (χ4n) is 3.31. The molecule has 4 aromatic rings. The molecule has 0 bridgehead atoms. The van der Waals surface area contributed by atoms with Crippen LogP contribution in [0.3, 0.4) is 0 Å². The highest BCUT2D eigenvalue weighted by molar-refractivity contribution is 6.31. The second kappa shape index (κ2) is 11.2. The van der Waals surface area contributed by atoms with Crippen LogP contribution in [0.15, 0.2) is 77.9 Å². The summed E-state index contributed by atoms with van der Waals surface area (Å²) in [6.45, 7) is 0.305. The first-order chi connectivity index (χ1) is 17.1. The number of ether oxygens (including phenoxy) is 3. The Morgan fingerprint density at radius 3 is 2.57 bits per heavy atom. The van der Waals surface area contributed by atoms with Crippen molar-refractivity contribution < 1.29 is 19.0 Å². The molecule has 2 N–H and O–H groups in total. The van der Waals surface area contributed by atoms with Crippen molar-refractivity contribution in [1.29, 1.82) is 0 Å². The summed E-state index contributed by atoms with van der Waals surface area (Å²) >= 11 is 6.23. The van der Waals surface area contributed by atoms with Gasteiger partial charge in [-0.3, -0.25) is 9.89 Å². The third-order valence-corrected chi connectivity index (χ3v) is 5.48. The Kier molecular flexibility index (Phi) is 7.64. The number of rotatable bonds is 9. The van der Waals surface area contributed by atoms with Gasteiger partial charge in [-0.1, -0.05) is 41.9 Å². The van der Waals surface area contributed by atoms with Gasteiger partial charge < -0.3 is 14.2 Å². The number of carbonyl (C=O) groups excluding carboxylic acids is 1. The lowest BCUT2D eigenvalue weighted by atomic mass is 10.1. The zero-order valence-electron chi connectivity index (χ0n) is 19.1. The number of benzene rings is 3. The molecule has 0 aliphatic heterocycles. The van der Waals surface area contributed by atoms with Crippen LogP contribution in [0.5, 0.6) is 17.2 Å². The molecule has 1 heterocycles. The maximum Gasteiger partial charge on any atom is 0.289 e. The number of H-pyrrole nitrogens is 1. The van der Waals surface area contributed by atoms with E-state index >= 15 is 0 Å². The first-order valence-electron chi connectivity index (χ1n) is 10.7. The number of hydrazone groups is 1. The molecule has 0 saturated carbocycles. The summed E-state index contributed by atoms with van der Waals surface area (Å²) in [5, 5.41) is 11.7. The van der Waals surface area contributed by atoms with Crippen LogP contribution in [-0.2, 0) is 6.61 Å². The van der Waals surface area contributed by atoms with Crippen LogP contribution in [-0.4, -0.2) is 36.5 Å². The van der Waals surface area contributed by atoms with Crippen LogP contribution < -0.4 is 19.6 Å². The Balaban J connectivity index is 1.43. The van der Waals surface area contributed by atoms with Crippen molar-refractivity contribution in [3.63, 3.8) is 0 Å². The SMILES string of the molecule is COc1ccc(/C=N/NC(=O)c2cc(-c3ccccc3OCc3ccccc3Cl)n[nH]2)cc1OC.